The number of para-hydroxylation sites is 1. The summed E-state index contributed by atoms with van der Waals surface area (Å²) in [7, 11) is 0. The maximum atomic E-state index is 12.6. The van der Waals surface area contributed by atoms with Gasteiger partial charge < -0.3 is 10.2 Å². The molecule has 0 bridgehead atoms. The molecule has 0 spiro atoms. The summed E-state index contributed by atoms with van der Waals surface area (Å²) in [4.78, 5) is 26.5. The van der Waals surface area contributed by atoms with Gasteiger partial charge in [-0.1, -0.05) is 18.2 Å². The van der Waals surface area contributed by atoms with E-state index in [9.17, 15) is 9.59 Å². The van der Waals surface area contributed by atoms with E-state index in [0.717, 1.165) is 29.2 Å². The number of carbonyl (C=O) groups excluding carboxylic acids is 2. The van der Waals surface area contributed by atoms with E-state index in [4.69, 9.17) is 0 Å². The van der Waals surface area contributed by atoms with Crippen LogP contribution in [0.2, 0.25) is 0 Å². The van der Waals surface area contributed by atoms with Crippen LogP contribution in [-0.2, 0) is 9.59 Å². The fraction of sp³-hybridized carbons (Fsp3) is 0.222. The van der Waals surface area contributed by atoms with Gasteiger partial charge in [0.15, 0.2) is 0 Å². The molecule has 1 fully saturated rings. The Morgan fingerprint density at radius 3 is 2.48 bits per heavy atom. The van der Waals surface area contributed by atoms with Crippen LogP contribution in [0.25, 0.3) is 0 Å². The predicted molar refractivity (Wildman–Crippen MR) is 93.8 cm³/mol. The standard InChI is InChI=1S/C18H18N2O2S/c1-13(21)19-14-7-9-16(10-8-14)23-17-11-12-20(18(17)22)15-5-3-2-4-6-15/h2-10,17H,11-12H2,1H3,(H,19,21). The minimum absolute atomic E-state index is 0.0539. The van der Waals surface area contributed by atoms with Gasteiger partial charge in [0, 0.05) is 29.7 Å². The van der Waals surface area contributed by atoms with E-state index >= 15 is 0 Å². The second kappa shape index (κ2) is 6.87. The van der Waals surface area contributed by atoms with Gasteiger partial charge in [0.05, 0.1) is 5.25 Å². The molecule has 2 aromatic carbocycles. The van der Waals surface area contributed by atoms with Gasteiger partial charge in [-0.3, -0.25) is 9.59 Å². The third-order valence-corrected chi connectivity index (χ3v) is 4.94. The molecule has 1 heterocycles. The van der Waals surface area contributed by atoms with Crippen molar-refractivity contribution in [3.63, 3.8) is 0 Å². The lowest BCUT2D eigenvalue weighted by Crippen LogP contribution is -2.27. The molecule has 1 aliphatic rings. The lowest BCUT2D eigenvalue weighted by atomic mass is 10.3. The lowest BCUT2D eigenvalue weighted by Gasteiger charge is -2.16. The van der Waals surface area contributed by atoms with Crippen LogP contribution in [0.4, 0.5) is 11.4 Å². The SMILES string of the molecule is CC(=O)Nc1ccc(SC2CCN(c3ccccc3)C2=O)cc1. The number of nitrogens with one attached hydrogen (secondary N) is 1. The second-order valence-electron chi connectivity index (χ2n) is 5.43. The van der Waals surface area contributed by atoms with Gasteiger partial charge in [-0.25, -0.2) is 0 Å². The highest BCUT2D eigenvalue weighted by Crippen LogP contribution is 2.33. The highest BCUT2D eigenvalue weighted by atomic mass is 32.2. The molecular formula is C18H18N2O2S. The van der Waals surface area contributed by atoms with E-state index in [1.165, 1.54) is 6.92 Å². The maximum Gasteiger partial charge on any atom is 0.240 e. The number of anilines is 2. The molecule has 3 rings (SSSR count). The number of hydrogen-bond donors (Lipinski definition) is 1. The monoisotopic (exact) mass is 326 g/mol. The summed E-state index contributed by atoms with van der Waals surface area (Å²) in [5.41, 5.74) is 1.73. The van der Waals surface area contributed by atoms with Crippen molar-refractivity contribution in [2.75, 3.05) is 16.8 Å². The van der Waals surface area contributed by atoms with Gasteiger partial charge in [-0.05, 0) is 42.8 Å². The molecule has 118 valence electrons. The molecule has 5 heteroatoms. The van der Waals surface area contributed by atoms with Crippen LogP contribution in [0.5, 0.6) is 0 Å². The summed E-state index contributed by atoms with van der Waals surface area (Å²) >= 11 is 1.58. The number of amides is 2. The molecule has 0 saturated carbocycles. The lowest BCUT2D eigenvalue weighted by molar-refractivity contribution is -0.116. The molecule has 0 radical (unpaired) electrons. The zero-order valence-corrected chi connectivity index (χ0v) is 13.7. The smallest absolute Gasteiger partial charge is 0.240 e. The summed E-state index contributed by atoms with van der Waals surface area (Å²) in [5.74, 6) is 0.0713. The molecule has 1 saturated heterocycles. The molecule has 1 atom stereocenters. The van der Waals surface area contributed by atoms with Crippen LogP contribution in [0.1, 0.15) is 13.3 Å². The van der Waals surface area contributed by atoms with E-state index in [1.54, 1.807) is 11.8 Å². The summed E-state index contributed by atoms with van der Waals surface area (Å²) < 4.78 is 0. The minimum Gasteiger partial charge on any atom is -0.326 e. The Bertz CT molecular complexity index is 701. The number of hydrogen-bond acceptors (Lipinski definition) is 3. The number of carbonyl (C=O) groups is 2. The van der Waals surface area contributed by atoms with Gasteiger partial charge >= 0.3 is 0 Å². The van der Waals surface area contributed by atoms with Gasteiger partial charge in [-0.15, -0.1) is 11.8 Å². The normalized spacial score (nSPS) is 17.3. The summed E-state index contributed by atoms with van der Waals surface area (Å²) in [6.45, 7) is 2.24. The molecular weight excluding hydrogens is 308 g/mol. The molecule has 2 aromatic rings. The molecule has 0 aliphatic carbocycles. The van der Waals surface area contributed by atoms with Crippen LogP contribution >= 0.6 is 11.8 Å². The van der Waals surface area contributed by atoms with Crippen molar-refractivity contribution in [3.8, 4) is 0 Å². The summed E-state index contributed by atoms with van der Waals surface area (Å²) in [5, 5.41) is 2.69. The predicted octanol–water partition coefficient (Wildman–Crippen LogP) is 3.54. The Labute approximate surface area is 139 Å². The van der Waals surface area contributed by atoms with Crippen LogP contribution in [0, 0.1) is 0 Å². The van der Waals surface area contributed by atoms with Crippen molar-refractivity contribution in [1.29, 1.82) is 0 Å². The van der Waals surface area contributed by atoms with Gasteiger partial charge in [-0.2, -0.15) is 0 Å². The third-order valence-electron chi connectivity index (χ3n) is 3.68. The maximum absolute atomic E-state index is 12.6. The molecule has 4 nitrogen and oxygen atoms in total. The first-order chi connectivity index (χ1) is 11.1. The zero-order valence-electron chi connectivity index (χ0n) is 12.9. The van der Waals surface area contributed by atoms with E-state index in [-0.39, 0.29) is 17.1 Å². The Morgan fingerprint density at radius 2 is 1.83 bits per heavy atom. The van der Waals surface area contributed by atoms with Crippen molar-refractivity contribution < 1.29 is 9.59 Å². The summed E-state index contributed by atoms with van der Waals surface area (Å²) in [6.07, 6.45) is 0.839. The molecule has 1 N–H and O–H groups in total. The molecule has 1 unspecified atom stereocenters. The van der Waals surface area contributed by atoms with E-state index in [1.807, 2.05) is 59.5 Å². The van der Waals surface area contributed by atoms with Gasteiger partial charge in [0.25, 0.3) is 0 Å². The number of benzene rings is 2. The first kappa shape index (κ1) is 15.6. The average molecular weight is 326 g/mol. The highest BCUT2D eigenvalue weighted by Gasteiger charge is 2.33. The fourth-order valence-electron chi connectivity index (χ4n) is 2.61. The Kier molecular flexibility index (Phi) is 4.67. The Morgan fingerprint density at radius 1 is 1.13 bits per heavy atom. The van der Waals surface area contributed by atoms with E-state index < -0.39 is 0 Å². The van der Waals surface area contributed by atoms with Crippen LogP contribution in [-0.4, -0.2) is 23.6 Å². The fourth-order valence-corrected chi connectivity index (χ4v) is 3.68. The van der Waals surface area contributed by atoms with Gasteiger partial charge in [0.1, 0.15) is 0 Å². The first-order valence-corrected chi connectivity index (χ1v) is 8.42. The van der Waals surface area contributed by atoms with E-state index in [0.29, 0.717) is 0 Å². The zero-order chi connectivity index (χ0) is 16.2. The van der Waals surface area contributed by atoms with Crippen molar-refractivity contribution in [1.82, 2.24) is 0 Å². The van der Waals surface area contributed by atoms with E-state index in [2.05, 4.69) is 5.32 Å². The molecule has 1 aliphatic heterocycles. The van der Waals surface area contributed by atoms with Crippen molar-refractivity contribution in [3.05, 3.63) is 54.6 Å². The molecule has 23 heavy (non-hydrogen) atoms. The van der Waals surface area contributed by atoms with Crippen molar-refractivity contribution in [2.24, 2.45) is 0 Å². The topological polar surface area (TPSA) is 49.4 Å². The summed E-state index contributed by atoms with van der Waals surface area (Å²) in [6, 6.07) is 17.4. The quantitative estimate of drug-likeness (QED) is 0.935. The minimum atomic E-state index is -0.0881. The highest BCUT2D eigenvalue weighted by molar-refractivity contribution is 8.00. The number of rotatable bonds is 4. The average Bonchev–Trinajstić information content (AvgIpc) is 2.91. The van der Waals surface area contributed by atoms with Crippen molar-refractivity contribution in [2.45, 2.75) is 23.5 Å². The third kappa shape index (κ3) is 3.74. The van der Waals surface area contributed by atoms with Gasteiger partial charge in [0.2, 0.25) is 11.8 Å². The number of nitrogens with zero attached hydrogens (tertiary/aromatic N) is 1. The Hall–Kier alpha value is -2.27. The molecule has 2 amide bonds. The van der Waals surface area contributed by atoms with Crippen molar-refractivity contribution >= 4 is 35.0 Å². The Balaban J connectivity index is 1.65. The number of thioether (sulfide) groups is 1. The van der Waals surface area contributed by atoms with Crippen LogP contribution in [0.15, 0.2) is 59.5 Å². The first-order valence-electron chi connectivity index (χ1n) is 7.54. The van der Waals surface area contributed by atoms with Crippen LogP contribution < -0.4 is 10.2 Å². The van der Waals surface area contributed by atoms with Crippen LogP contribution in [0.3, 0.4) is 0 Å². The molecule has 0 aromatic heterocycles. The largest absolute Gasteiger partial charge is 0.326 e. The second-order valence-corrected chi connectivity index (χ2v) is 6.70.